The summed E-state index contributed by atoms with van der Waals surface area (Å²) in [6.45, 7) is 4.67. The number of carbonyl (C=O) groups excluding carboxylic acids is 2. The zero-order valence-corrected chi connectivity index (χ0v) is 16.3. The average Bonchev–Trinajstić information content (AvgIpc) is 2.76. The highest BCUT2D eigenvalue weighted by molar-refractivity contribution is 6.07. The third-order valence-electron chi connectivity index (χ3n) is 4.20. The van der Waals surface area contributed by atoms with Crippen LogP contribution >= 0.6 is 0 Å². The summed E-state index contributed by atoms with van der Waals surface area (Å²) in [5.74, 6) is -0.394. The molecule has 0 fully saturated rings. The van der Waals surface area contributed by atoms with Gasteiger partial charge in [-0.1, -0.05) is 30.3 Å². The predicted octanol–water partition coefficient (Wildman–Crippen LogP) is 4.06. The zero-order chi connectivity index (χ0) is 20.6. The van der Waals surface area contributed by atoms with Gasteiger partial charge >= 0.3 is 5.97 Å². The summed E-state index contributed by atoms with van der Waals surface area (Å²) in [5.41, 5.74) is 1.92. The molecule has 0 bridgehead atoms. The van der Waals surface area contributed by atoms with Gasteiger partial charge in [-0.3, -0.25) is 4.79 Å². The predicted molar refractivity (Wildman–Crippen MR) is 112 cm³/mol. The molecule has 1 amide bonds. The average molecular weight is 390 g/mol. The molecule has 3 aromatic rings. The number of nitrogens with one attached hydrogen (secondary N) is 1. The van der Waals surface area contributed by atoms with E-state index in [1.165, 1.54) is 12.4 Å². The van der Waals surface area contributed by atoms with Crippen LogP contribution in [-0.4, -0.2) is 35.0 Å². The van der Waals surface area contributed by atoms with Gasteiger partial charge in [0.15, 0.2) is 0 Å². The maximum Gasteiger partial charge on any atom is 0.340 e. The molecule has 0 aliphatic carbocycles. The van der Waals surface area contributed by atoms with Crippen LogP contribution in [-0.2, 0) is 4.74 Å². The zero-order valence-electron chi connectivity index (χ0n) is 16.3. The summed E-state index contributed by atoms with van der Waals surface area (Å²) in [6.07, 6.45) is 2.94. The van der Waals surface area contributed by atoms with Gasteiger partial charge in [0.25, 0.3) is 5.91 Å². The van der Waals surface area contributed by atoms with Crippen molar-refractivity contribution in [2.45, 2.75) is 13.8 Å². The Morgan fingerprint density at radius 3 is 2.28 bits per heavy atom. The maximum absolute atomic E-state index is 12.6. The Morgan fingerprint density at radius 1 is 0.966 bits per heavy atom. The number of hydrogen-bond acceptors (Lipinski definition) is 6. The van der Waals surface area contributed by atoms with Crippen molar-refractivity contribution in [3.8, 4) is 0 Å². The number of esters is 1. The number of benzene rings is 2. The minimum atomic E-state index is -0.489. The normalized spacial score (nSPS) is 10.3. The van der Waals surface area contributed by atoms with Gasteiger partial charge in [-0.15, -0.1) is 0 Å². The Bertz CT molecular complexity index is 975. The van der Waals surface area contributed by atoms with E-state index in [1.807, 2.05) is 42.2 Å². The van der Waals surface area contributed by atoms with Crippen molar-refractivity contribution in [1.29, 1.82) is 0 Å². The van der Waals surface area contributed by atoms with E-state index >= 15 is 0 Å². The Balaban J connectivity index is 1.77. The molecule has 0 atom stereocenters. The highest BCUT2D eigenvalue weighted by atomic mass is 16.5. The second kappa shape index (κ2) is 9.45. The summed E-state index contributed by atoms with van der Waals surface area (Å²) in [5, 5.41) is 2.73. The van der Waals surface area contributed by atoms with Gasteiger partial charge in [0.1, 0.15) is 0 Å². The minimum absolute atomic E-state index is 0.256. The molecule has 0 radical (unpaired) electrons. The van der Waals surface area contributed by atoms with Crippen LogP contribution in [0.1, 0.15) is 34.6 Å². The molecular weight excluding hydrogens is 368 g/mol. The molecule has 7 nitrogen and oxygen atoms in total. The molecular formula is C22H22N4O3. The minimum Gasteiger partial charge on any atom is -0.462 e. The molecule has 1 heterocycles. The fraction of sp³-hybridized carbons (Fsp3) is 0.182. The number of aromatic nitrogens is 2. The summed E-state index contributed by atoms with van der Waals surface area (Å²) in [7, 11) is 0. The van der Waals surface area contributed by atoms with Gasteiger partial charge in [-0.25, -0.2) is 14.8 Å². The van der Waals surface area contributed by atoms with Crippen molar-refractivity contribution in [3.63, 3.8) is 0 Å². The van der Waals surface area contributed by atoms with E-state index in [0.717, 1.165) is 5.69 Å². The summed E-state index contributed by atoms with van der Waals surface area (Å²) < 4.78 is 5.03. The van der Waals surface area contributed by atoms with Crippen LogP contribution in [0.5, 0.6) is 0 Å². The number of nitrogens with zero attached hydrogens (tertiary/aromatic N) is 3. The van der Waals surface area contributed by atoms with Crippen molar-refractivity contribution in [2.24, 2.45) is 0 Å². The molecule has 0 saturated heterocycles. The van der Waals surface area contributed by atoms with E-state index < -0.39 is 11.9 Å². The van der Waals surface area contributed by atoms with Gasteiger partial charge < -0.3 is 15.0 Å². The lowest BCUT2D eigenvalue weighted by molar-refractivity contribution is 0.0527. The molecule has 0 unspecified atom stereocenters. The van der Waals surface area contributed by atoms with Crippen LogP contribution in [0, 0.1) is 0 Å². The van der Waals surface area contributed by atoms with Crippen LogP contribution in [0.4, 0.5) is 17.3 Å². The Hall–Kier alpha value is -3.74. The quantitative estimate of drug-likeness (QED) is 0.613. The molecule has 0 spiro atoms. The third kappa shape index (κ3) is 4.76. The second-order valence-electron chi connectivity index (χ2n) is 6.07. The molecule has 2 aromatic carbocycles. The fourth-order valence-electron chi connectivity index (χ4n) is 2.80. The number of para-hydroxylation sites is 2. The number of anilines is 3. The highest BCUT2D eigenvalue weighted by Crippen LogP contribution is 2.21. The van der Waals surface area contributed by atoms with Crippen LogP contribution in [0.25, 0.3) is 0 Å². The van der Waals surface area contributed by atoms with Gasteiger partial charge in [0.05, 0.1) is 23.4 Å². The van der Waals surface area contributed by atoms with E-state index in [4.69, 9.17) is 4.74 Å². The lowest BCUT2D eigenvalue weighted by Gasteiger charge is -2.20. The van der Waals surface area contributed by atoms with Gasteiger partial charge in [-0.2, -0.15) is 0 Å². The van der Waals surface area contributed by atoms with Crippen LogP contribution in [0.3, 0.4) is 0 Å². The summed E-state index contributed by atoms with van der Waals surface area (Å²) >= 11 is 0. The maximum atomic E-state index is 12.6. The number of ether oxygens (including phenoxy) is 1. The first-order valence-electron chi connectivity index (χ1n) is 9.36. The number of hydrogen-bond donors (Lipinski definition) is 1. The summed E-state index contributed by atoms with van der Waals surface area (Å²) in [4.78, 5) is 35.3. The molecule has 0 aliphatic rings. The van der Waals surface area contributed by atoms with E-state index in [9.17, 15) is 9.59 Å². The van der Waals surface area contributed by atoms with Crippen LogP contribution in [0.15, 0.2) is 67.0 Å². The van der Waals surface area contributed by atoms with Crippen molar-refractivity contribution in [3.05, 3.63) is 78.1 Å². The smallest absolute Gasteiger partial charge is 0.340 e. The number of amides is 1. The molecule has 7 heteroatoms. The first kappa shape index (κ1) is 20.0. The molecule has 1 aromatic heterocycles. The van der Waals surface area contributed by atoms with Crippen molar-refractivity contribution in [2.75, 3.05) is 23.4 Å². The summed E-state index contributed by atoms with van der Waals surface area (Å²) in [6, 6.07) is 16.5. The molecule has 29 heavy (non-hydrogen) atoms. The van der Waals surface area contributed by atoms with Crippen molar-refractivity contribution in [1.82, 2.24) is 9.97 Å². The molecule has 0 saturated carbocycles. The molecule has 148 valence electrons. The van der Waals surface area contributed by atoms with Gasteiger partial charge in [-0.05, 0) is 38.1 Å². The molecule has 0 aliphatic heterocycles. The lowest BCUT2D eigenvalue weighted by Crippen LogP contribution is -2.20. The third-order valence-corrected chi connectivity index (χ3v) is 4.20. The van der Waals surface area contributed by atoms with E-state index in [-0.39, 0.29) is 12.2 Å². The Morgan fingerprint density at radius 2 is 1.62 bits per heavy atom. The van der Waals surface area contributed by atoms with Crippen molar-refractivity contribution >= 4 is 29.2 Å². The highest BCUT2D eigenvalue weighted by Gasteiger charge is 2.16. The van der Waals surface area contributed by atoms with E-state index in [1.54, 1.807) is 31.2 Å². The second-order valence-corrected chi connectivity index (χ2v) is 6.07. The monoisotopic (exact) mass is 390 g/mol. The first-order chi connectivity index (χ1) is 14.1. The molecule has 3 rings (SSSR count). The van der Waals surface area contributed by atoms with Gasteiger partial charge in [0.2, 0.25) is 5.95 Å². The largest absolute Gasteiger partial charge is 0.462 e. The van der Waals surface area contributed by atoms with Crippen LogP contribution < -0.4 is 10.2 Å². The van der Waals surface area contributed by atoms with Crippen molar-refractivity contribution < 1.29 is 14.3 Å². The number of carbonyl (C=O) groups is 2. The van der Waals surface area contributed by atoms with Crippen LogP contribution in [0.2, 0.25) is 0 Å². The van der Waals surface area contributed by atoms with E-state index in [2.05, 4.69) is 15.3 Å². The topological polar surface area (TPSA) is 84.4 Å². The number of rotatable bonds is 7. The fourth-order valence-corrected chi connectivity index (χ4v) is 2.80. The first-order valence-corrected chi connectivity index (χ1v) is 9.36. The lowest BCUT2D eigenvalue weighted by atomic mass is 10.1. The standard InChI is InChI=1S/C22H22N4O3/c1-3-26(17-10-6-5-7-11-17)22-23-14-16(15-24-22)20(27)25-19-13-9-8-12-18(19)21(28)29-4-2/h5-15H,3-4H2,1-2H3,(H,25,27). The Labute approximate surface area is 169 Å². The van der Waals surface area contributed by atoms with E-state index in [0.29, 0.717) is 23.7 Å². The Kier molecular flexibility index (Phi) is 6.52. The van der Waals surface area contributed by atoms with Gasteiger partial charge in [0, 0.05) is 24.6 Å². The SMILES string of the molecule is CCOC(=O)c1ccccc1NC(=O)c1cnc(N(CC)c2ccccc2)nc1. The molecule has 1 N–H and O–H groups in total.